The van der Waals surface area contributed by atoms with Gasteiger partial charge in [-0.05, 0) is 61.1 Å². The number of aryl methyl sites for hydroxylation is 1. The Hall–Kier alpha value is -3.31. The number of aromatic nitrogens is 2. The van der Waals surface area contributed by atoms with Crippen molar-refractivity contribution in [3.8, 4) is 22.7 Å². The average Bonchev–Trinajstić information content (AvgIpc) is 2.94. The SMILES string of the molecule is COc1ccc(-n2c(SCCc3ccccc3)nc3c(c2=O)C2(CCCCC2)Cc2ccccc2-3)cc1. The lowest BCUT2D eigenvalue weighted by molar-refractivity contribution is 0.283. The topological polar surface area (TPSA) is 44.1 Å². The van der Waals surface area contributed by atoms with E-state index in [2.05, 4.69) is 48.5 Å². The Morgan fingerprint density at radius 1 is 0.919 bits per heavy atom. The molecule has 188 valence electrons. The Morgan fingerprint density at radius 2 is 1.65 bits per heavy atom. The third kappa shape index (κ3) is 4.50. The summed E-state index contributed by atoms with van der Waals surface area (Å²) in [5.41, 5.74) is 6.37. The molecule has 1 spiro atoms. The molecule has 0 unspecified atom stereocenters. The van der Waals surface area contributed by atoms with Gasteiger partial charge in [0.15, 0.2) is 5.16 Å². The van der Waals surface area contributed by atoms with Gasteiger partial charge in [0.25, 0.3) is 5.56 Å². The van der Waals surface area contributed by atoms with Crippen molar-refractivity contribution in [2.75, 3.05) is 12.9 Å². The summed E-state index contributed by atoms with van der Waals surface area (Å²) >= 11 is 1.66. The van der Waals surface area contributed by atoms with Crippen LogP contribution in [0.4, 0.5) is 0 Å². The van der Waals surface area contributed by atoms with Crippen LogP contribution in [-0.2, 0) is 18.3 Å². The van der Waals surface area contributed by atoms with Gasteiger partial charge in [-0.3, -0.25) is 9.36 Å². The second kappa shape index (κ2) is 10.2. The molecule has 4 aromatic rings. The zero-order chi connectivity index (χ0) is 25.2. The molecule has 3 aromatic carbocycles. The highest BCUT2D eigenvalue weighted by molar-refractivity contribution is 7.99. The summed E-state index contributed by atoms with van der Waals surface area (Å²) in [5.74, 6) is 1.62. The quantitative estimate of drug-likeness (QED) is 0.208. The molecule has 1 fully saturated rings. The van der Waals surface area contributed by atoms with Gasteiger partial charge >= 0.3 is 0 Å². The van der Waals surface area contributed by atoms with Gasteiger partial charge in [-0.15, -0.1) is 0 Å². The molecule has 0 aliphatic heterocycles. The van der Waals surface area contributed by atoms with E-state index in [1.807, 2.05) is 34.9 Å². The highest BCUT2D eigenvalue weighted by Crippen LogP contribution is 2.49. The van der Waals surface area contributed by atoms with E-state index in [1.54, 1.807) is 18.9 Å². The monoisotopic (exact) mass is 508 g/mol. The maximum absolute atomic E-state index is 14.6. The largest absolute Gasteiger partial charge is 0.497 e. The van der Waals surface area contributed by atoms with Gasteiger partial charge in [-0.1, -0.05) is 85.6 Å². The number of hydrogen-bond donors (Lipinski definition) is 0. The molecular weight excluding hydrogens is 476 g/mol. The third-order valence-electron chi connectivity index (χ3n) is 7.99. The number of methoxy groups -OCH3 is 1. The van der Waals surface area contributed by atoms with E-state index in [0.29, 0.717) is 0 Å². The van der Waals surface area contributed by atoms with Gasteiger partial charge in [0.2, 0.25) is 0 Å². The normalized spacial score (nSPS) is 15.7. The Bertz CT molecular complexity index is 1450. The van der Waals surface area contributed by atoms with Crippen molar-refractivity contribution in [2.24, 2.45) is 0 Å². The fraction of sp³-hybridized carbons (Fsp3) is 0.312. The highest BCUT2D eigenvalue weighted by atomic mass is 32.2. The first-order chi connectivity index (χ1) is 18.2. The van der Waals surface area contributed by atoms with Gasteiger partial charge in [0, 0.05) is 16.7 Å². The highest BCUT2D eigenvalue weighted by Gasteiger charge is 2.43. The van der Waals surface area contributed by atoms with Gasteiger partial charge in [-0.25, -0.2) is 4.98 Å². The van der Waals surface area contributed by atoms with E-state index in [9.17, 15) is 4.79 Å². The Balaban J connectivity index is 1.52. The zero-order valence-corrected chi connectivity index (χ0v) is 22.1. The van der Waals surface area contributed by atoms with Gasteiger partial charge in [0.05, 0.1) is 24.1 Å². The number of ether oxygens (including phenoxy) is 1. The summed E-state index contributed by atoms with van der Waals surface area (Å²) in [6.07, 6.45) is 7.51. The Kier molecular flexibility index (Phi) is 6.64. The number of fused-ring (bicyclic) bond motifs is 4. The molecule has 4 nitrogen and oxygen atoms in total. The molecular formula is C32H32N2O2S. The van der Waals surface area contributed by atoms with Gasteiger partial charge in [0.1, 0.15) is 5.75 Å². The molecule has 1 aromatic heterocycles. The molecule has 0 saturated heterocycles. The summed E-state index contributed by atoms with van der Waals surface area (Å²) in [7, 11) is 1.66. The molecule has 2 aliphatic carbocycles. The molecule has 6 rings (SSSR count). The van der Waals surface area contributed by atoms with Crippen LogP contribution < -0.4 is 10.3 Å². The lowest BCUT2D eigenvalue weighted by atomic mass is 9.62. The van der Waals surface area contributed by atoms with Crippen LogP contribution in [0.25, 0.3) is 16.9 Å². The summed E-state index contributed by atoms with van der Waals surface area (Å²) in [6, 6.07) is 26.9. The molecule has 37 heavy (non-hydrogen) atoms. The van der Waals surface area contributed by atoms with Crippen molar-refractivity contribution in [3.63, 3.8) is 0 Å². The van der Waals surface area contributed by atoms with E-state index in [4.69, 9.17) is 9.72 Å². The van der Waals surface area contributed by atoms with Crippen LogP contribution in [0.2, 0.25) is 0 Å². The standard InChI is InChI=1S/C32H32N2O2S/c1-36-26-16-14-25(15-17-26)34-30(35)28-29(33-31(34)37-21-18-23-10-4-2-5-11-23)27-13-7-6-12-24(27)22-32(28)19-8-3-9-20-32/h2,4-7,10-17H,3,8-9,18-22H2,1H3. The van der Waals surface area contributed by atoms with Crippen molar-refractivity contribution in [1.82, 2.24) is 9.55 Å². The number of benzene rings is 3. The van der Waals surface area contributed by atoms with Crippen molar-refractivity contribution in [1.29, 1.82) is 0 Å². The smallest absolute Gasteiger partial charge is 0.263 e. The van der Waals surface area contributed by atoms with Crippen LogP contribution in [0.15, 0.2) is 88.8 Å². The van der Waals surface area contributed by atoms with Crippen LogP contribution in [0.1, 0.15) is 48.8 Å². The predicted molar refractivity (Wildman–Crippen MR) is 151 cm³/mol. The average molecular weight is 509 g/mol. The van der Waals surface area contributed by atoms with Crippen LogP contribution in [0.5, 0.6) is 5.75 Å². The van der Waals surface area contributed by atoms with Crippen LogP contribution in [0, 0.1) is 0 Å². The molecule has 0 radical (unpaired) electrons. The molecule has 1 saturated carbocycles. The second-order valence-electron chi connectivity index (χ2n) is 10.2. The summed E-state index contributed by atoms with van der Waals surface area (Å²) in [6.45, 7) is 0. The first-order valence-corrected chi connectivity index (χ1v) is 14.2. The molecule has 5 heteroatoms. The molecule has 1 heterocycles. The first-order valence-electron chi connectivity index (χ1n) is 13.3. The predicted octanol–water partition coefficient (Wildman–Crippen LogP) is 7.00. The fourth-order valence-electron chi connectivity index (χ4n) is 6.15. The minimum Gasteiger partial charge on any atom is -0.497 e. The summed E-state index contributed by atoms with van der Waals surface area (Å²) in [5, 5.41) is 0.757. The van der Waals surface area contributed by atoms with Crippen LogP contribution >= 0.6 is 11.8 Å². The second-order valence-corrected chi connectivity index (χ2v) is 11.3. The number of hydrogen-bond acceptors (Lipinski definition) is 4. The van der Waals surface area contributed by atoms with Crippen molar-refractivity contribution < 1.29 is 4.74 Å². The van der Waals surface area contributed by atoms with E-state index in [0.717, 1.165) is 77.7 Å². The molecule has 0 N–H and O–H groups in total. The maximum atomic E-state index is 14.6. The van der Waals surface area contributed by atoms with Gasteiger partial charge in [-0.2, -0.15) is 0 Å². The van der Waals surface area contributed by atoms with E-state index < -0.39 is 0 Å². The minimum atomic E-state index is -0.131. The molecule has 0 atom stereocenters. The number of rotatable bonds is 6. The number of thioether (sulfide) groups is 1. The van der Waals surface area contributed by atoms with E-state index in [-0.39, 0.29) is 11.0 Å². The van der Waals surface area contributed by atoms with Crippen molar-refractivity contribution in [2.45, 2.75) is 55.5 Å². The lowest BCUT2D eigenvalue weighted by Gasteiger charge is -2.42. The minimum absolute atomic E-state index is 0.0915. The lowest BCUT2D eigenvalue weighted by Crippen LogP contribution is -2.42. The molecule has 0 bridgehead atoms. The van der Waals surface area contributed by atoms with Crippen molar-refractivity contribution >= 4 is 11.8 Å². The van der Waals surface area contributed by atoms with Crippen LogP contribution in [0.3, 0.4) is 0 Å². The summed E-state index contributed by atoms with van der Waals surface area (Å²) < 4.78 is 7.25. The maximum Gasteiger partial charge on any atom is 0.263 e. The first kappa shape index (κ1) is 24.1. The number of nitrogens with zero attached hydrogens (tertiary/aromatic N) is 2. The van der Waals surface area contributed by atoms with E-state index >= 15 is 0 Å². The van der Waals surface area contributed by atoms with Gasteiger partial charge < -0.3 is 4.74 Å². The molecule has 0 amide bonds. The Morgan fingerprint density at radius 3 is 2.41 bits per heavy atom. The summed E-state index contributed by atoms with van der Waals surface area (Å²) in [4.78, 5) is 19.9. The Labute approximate surface area is 222 Å². The zero-order valence-electron chi connectivity index (χ0n) is 21.3. The fourth-order valence-corrected chi connectivity index (χ4v) is 7.14. The van der Waals surface area contributed by atoms with E-state index in [1.165, 1.54) is 17.5 Å². The third-order valence-corrected chi connectivity index (χ3v) is 8.93. The van der Waals surface area contributed by atoms with Crippen molar-refractivity contribution in [3.05, 3.63) is 106 Å². The van der Waals surface area contributed by atoms with Crippen LogP contribution in [-0.4, -0.2) is 22.4 Å². The molecule has 2 aliphatic rings.